The van der Waals surface area contributed by atoms with Gasteiger partial charge in [-0.15, -0.1) is 0 Å². The summed E-state index contributed by atoms with van der Waals surface area (Å²) in [6.45, 7) is 4.66. The number of hydrogen-bond acceptors (Lipinski definition) is 5. The number of amides is 2. The standard InChI is InChI=1S/C19H26N2O6/c1-4-27-19(26)12(2)10-16(18(24)25)21-17(23)15(20-13(3)22)11-14-8-6-5-7-9-14/h5-9,12,15-16H,4,10-11H2,1-3H3,(H,20,22)(H,21,23)(H,24,25)/t12-,15+,16-/m1/s1. The zero-order valence-electron chi connectivity index (χ0n) is 15.7. The van der Waals surface area contributed by atoms with Gasteiger partial charge >= 0.3 is 11.9 Å². The van der Waals surface area contributed by atoms with Crippen molar-refractivity contribution in [3.63, 3.8) is 0 Å². The molecule has 1 aromatic carbocycles. The Kier molecular flexibility index (Phi) is 8.98. The minimum absolute atomic E-state index is 0.113. The van der Waals surface area contributed by atoms with Crippen molar-refractivity contribution in [1.82, 2.24) is 10.6 Å². The van der Waals surface area contributed by atoms with E-state index in [1.54, 1.807) is 31.2 Å². The number of rotatable bonds is 10. The summed E-state index contributed by atoms with van der Waals surface area (Å²) >= 11 is 0. The average molecular weight is 378 g/mol. The van der Waals surface area contributed by atoms with Gasteiger partial charge in [-0.05, 0) is 18.9 Å². The highest BCUT2D eigenvalue weighted by Crippen LogP contribution is 2.10. The second kappa shape index (κ2) is 10.9. The van der Waals surface area contributed by atoms with E-state index in [1.165, 1.54) is 13.8 Å². The first kappa shape index (κ1) is 22.1. The fourth-order valence-corrected chi connectivity index (χ4v) is 2.53. The molecule has 0 saturated carbocycles. The van der Waals surface area contributed by atoms with Crippen molar-refractivity contribution in [2.75, 3.05) is 6.61 Å². The maximum absolute atomic E-state index is 12.6. The van der Waals surface area contributed by atoms with Crippen LogP contribution in [-0.2, 0) is 30.3 Å². The summed E-state index contributed by atoms with van der Waals surface area (Å²) in [5.41, 5.74) is 0.818. The smallest absolute Gasteiger partial charge is 0.326 e. The summed E-state index contributed by atoms with van der Waals surface area (Å²) in [6.07, 6.45) is 0.101. The first-order valence-electron chi connectivity index (χ1n) is 8.75. The van der Waals surface area contributed by atoms with Gasteiger partial charge in [0.15, 0.2) is 0 Å². The molecular weight excluding hydrogens is 352 g/mol. The van der Waals surface area contributed by atoms with Crippen molar-refractivity contribution in [3.8, 4) is 0 Å². The lowest BCUT2D eigenvalue weighted by Gasteiger charge is -2.22. The molecule has 1 rings (SSSR count). The summed E-state index contributed by atoms with van der Waals surface area (Å²) in [5, 5.41) is 14.3. The van der Waals surface area contributed by atoms with Crippen molar-refractivity contribution in [2.24, 2.45) is 5.92 Å². The van der Waals surface area contributed by atoms with Gasteiger partial charge in [0.1, 0.15) is 12.1 Å². The van der Waals surface area contributed by atoms with Crippen LogP contribution in [0.2, 0.25) is 0 Å². The molecule has 1 aromatic rings. The number of carboxylic acid groups (broad SMARTS) is 1. The first-order valence-corrected chi connectivity index (χ1v) is 8.75. The average Bonchev–Trinajstić information content (AvgIpc) is 2.61. The summed E-state index contributed by atoms with van der Waals surface area (Å²) in [5.74, 6) is -3.52. The van der Waals surface area contributed by atoms with Gasteiger partial charge in [0.05, 0.1) is 12.5 Å². The molecule has 0 aliphatic rings. The summed E-state index contributed by atoms with van der Waals surface area (Å²) in [7, 11) is 0. The number of hydrogen-bond donors (Lipinski definition) is 3. The largest absolute Gasteiger partial charge is 0.480 e. The molecule has 0 unspecified atom stereocenters. The third-order valence-electron chi connectivity index (χ3n) is 3.87. The van der Waals surface area contributed by atoms with Gasteiger partial charge in [0.2, 0.25) is 11.8 Å². The number of carbonyl (C=O) groups excluding carboxylic acids is 3. The van der Waals surface area contributed by atoms with Gasteiger partial charge in [-0.3, -0.25) is 14.4 Å². The van der Waals surface area contributed by atoms with Crippen molar-refractivity contribution in [3.05, 3.63) is 35.9 Å². The van der Waals surface area contributed by atoms with Crippen LogP contribution in [0.25, 0.3) is 0 Å². The molecule has 27 heavy (non-hydrogen) atoms. The molecule has 0 radical (unpaired) electrons. The van der Waals surface area contributed by atoms with E-state index in [0.29, 0.717) is 0 Å². The van der Waals surface area contributed by atoms with E-state index >= 15 is 0 Å². The SMILES string of the molecule is CCOC(=O)[C@H](C)C[C@@H](NC(=O)[C@H](Cc1ccccc1)NC(C)=O)C(=O)O. The van der Waals surface area contributed by atoms with Crippen molar-refractivity contribution < 1.29 is 29.0 Å². The lowest BCUT2D eigenvalue weighted by Crippen LogP contribution is -2.52. The number of benzene rings is 1. The molecule has 3 atom stereocenters. The molecule has 0 aliphatic heterocycles. The normalized spacial score (nSPS) is 13.7. The highest BCUT2D eigenvalue weighted by molar-refractivity contribution is 5.90. The lowest BCUT2D eigenvalue weighted by atomic mass is 10.0. The number of carbonyl (C=O) groups is 4. The van der Waals surface area contributed by atoms with E-state index in [1.807, 2.05) is 6.07 Å². The van der Waals surface area contributed by atoms with Gasteiger partial charge in [0.25, 0.3) is 0 Å². The number of aliphatic carboxylic acids is 1. The molecule has 0 bridgehead atoms. The predicted octanol–water partition coefficient (Wildman–Crippen LogP) is 0.893. The molecule has 0 saturated heterocycles. The van der Waals surface area contributed by atoms with Crippen LogP contribution in [0, 0.1) is 5.92 Å². The zero-order valence-corrected chi connectivity index (χ0v) is 15.7. The Morgan fingerprint density at radius 2 is 1.70 bits per heavy atom. The lowest BCUT2D eigenvalue weighted by molar-refractivity contribution is -0.149. The Hall–Kier alpha value is -2.90. The molecule has 2 amide bonds. The van der Waals surface area contributed by atoms with Crippen molar-refractivity contribution in [2.45, 2.75) is 45.7 Å². The van der Waals surface area contributed by atoms with Crippen LogP contribution in [-0.4, -0.2) is 47.6 Å². The second-order valence-corrected chi connectivity index (χ2v) is 6.23. The number of carboxylic acids is 1. The topological polar surface area (TPSA) is 122 Å². The Bertz CT molecular complexity index is 661. The van der Waals surface area contributed by atoms with E-state index in [0.717, 1.165) is 5.56 Å². The monoisotopic (exact) mass is 378 g/mol. The molecule has 0 spiro atoms. The molecule has 0 fully saturated rings. The van der Waals surface area contributed by atoms with E-state index in [-0.39, 0.29) is 19.4 Å². The fourth-order valence-electron chi connectivity index (χ4n) is 2.53. The minimum atomic E-state index is -1.27. The molecular formula is C19H26N2O6. The van der Waals surface area contributed by atoms with Gasteiger partial charge in [-0.2, -0.15) is 0 Å². The van der Waals surface area contributed by atoms with Crippen LogP contribution in [0.5, 0.6) is 0 Å². The van der Waals surface area contributed by atoms with Gasteiger partial charge < -0.3 is 20.5 Å². The van der Waals surface area contributed by atoms with Crippen molar-refractivity contribution in [1.29, 1.82) is 0 Å². The Labute approximate surface area is 158 Å². The minimum Gasteiger partial charge on any atom is -0.480 e. The zero-order chi connectivity index (χ0) is 20.4. The van der Waals surface area contributed by atoms with E-state index < -0.39 is 41.8 Å². The predicted molar refractivity (Wildman–Crippen MR) is 97.7 cm³/mol. The molecule has 0 heterocycles. The maximum Gasteiger partial charge on any atom is 0.326 e. The molecule has 0 aliphatic carbocycles. The highest BCUT2D eigenvalue weighted by Gasteiger charge is 2.29. The molecule has 0 aromatic heterocycles. The van der Waals surface area contributed by atoms with Crippen LogP contribution in [0.1, 0.15) is 32.8 Å². The van der Waals surface area contributed by atoms with Gasteiger partial charge in [0, 0.05) is 13.3 Å². The summed E-state index contributed by atoms with van der Waals surface area (Å²) in [4.78, 5) is 47.2. The van der Waals surface area contributed by atoms with Crippen LogP contribution in [0.4, 0.5) is 0 Å². The molecule has 3 N–H and O–H groups in total. The molecule has 8 nitrogen and oxygen atoms in total. The Balaban J connectivity index is 2.83. The fraction of sp³-hybridized carbons (Fsp3) is 0.474. The van der Waals surface area contributed by atoms with Gasteiger partial charge in [-0.25, -0.2) is 4.79 Å². The maximum atomic E-state index is 12.6. The third-order valence-corrected chi connectivity index (χ3v) is 3.87. The quantitative estimate of drug-likeness (QED) is 0.520. The Morgan fingerprint density at radius 3 is 2.22 bits per heavy atom. The summed E-state index contributed by atoms with van der Waals surface area (Å²) < 4.78 is 4.87. The number of esters is 1. The van der Waals surface area contributed by atoms with Crippen LogP contribution < -0.4 is 10.6 Å². The van der Waals surface area contributed by atoms with Crippen molar-refractivity contribution >= 4 is 23.8 Å². The molecule has 8 heteroatoms. The first-order chi connectivity index (χ1) is 12.7. The van der Waals surface area contributed by atoms with E-state index in [9.17, 15) is 24.3 Å². The van der Waals surface area contributed by atoms with E-state index in [2.05, 4.69) is 10.6 Å². The van der Waals surface area contributed by atoms with Crippen LogP contribution >= 0.6 is 0 Å². The van der Waals surface area contributed by atoms with Gasteiger partial charge in [-0.1, -0.05) is 37.3 Å². The third kappa shape index (κ3) is 7.89. The second-order valence-electron chi connectivity index (χ2n) is 6.23. The van der Waals surface area contributed by atoms with Crippen LogP contribution in [0.3, 0.4) is 0 Å². The number of ether oxygens (including phenoxy) is 1. The summed E-state index contributed by atoms with van der Waals surface area (Å²) in [6, 6.07) is 6.85. The van der Waals surface area contributed by atoms with E-state index in [4.69, 9.17) is 4.74 Å². The highest BCUT2D eigenvalue weighted by atomic mass is 16.5. The Morgan fingerprint density at radius 1 is 1.07 bits per heavy atom. The number of nitrogens with one attached hydrogen (secondary N) is 2. The molecule has 148 valence electrons. The van der Waals surface area contributed by atoms with Crippen LogP contribution in [0.15, 0.2) is 30.3 Å².